The van der Waals surface area contributed by atoms with Crippen molar-refractivity contribution >= 4 is 5.97 Å². The van der Waals surface area contributed by atoms with Gasteiger partial charge < -0.3 is 4.74 Å². The van der Waals surface area contributed by atoms with Gasteiger partial charge in [0.25, 0.3) is 0 Å². The highest BCUT2D eigenvalue weighted by atomic mass is 16.5. The number of hydrogen-bond acceptors (Lipinski definition) is 2. The van der Waals surface area contributed by atoms with Gasteiger partial charge in [-0.25, -0.2) is 0 Å². The van der Waals surface area contributed by atoms with Gasteiger partial charge in [-0.05, 0) is 81.5 Å². The molecule has 0 bridgehead atoms. The van der Waals surface area contributed by atoms with Gasteiger partial charge in [0.2, 0.25) is 0 Å². The molecule has 0 radical (unpaired) electrons. The number of carbonyl (C=O) groups excluding carboxylic acids is 1. The summed E-state index contributed by atoms with van der Waals surface area (Å²) in [5.74, 6) is 4.20. The second kappa shape index (κ2) is 9.42. The van der Waals surface area contributed by atoms with Crippen molar-refractivity contribution in [2.24, 2.45) is 29.6 Å². The van der Waals surface area contributed by atoms with E-state index in [1.807, 2.05) is 0 Å². The molecule has 0 N–H and O–H groups in total. The van der Waals surface area contributed by atoms with E-state index in [0.717, 1.165) is 55.8 Å². The van der Waals surface area contributed by atoms with E-state index < -0.39 is 0 Å². The Morgan fingerprint density at radius 2 is 1.44 bits per heavy atom. The second-order valence-electron chi connectivity index (χ2n) is 9.50. The van der Waals surface area contributed by atoms with Crippen LogP contribution >= 0.6 is 0 Å². The van der Waals surface area contributed by atoms with Crippen LogP contribution in [-0.2, 0) is 9.53 Å². The van der Waals surface area contributed by atoms with Gasteiger partial charge in [0.05, 0.1) is 5.92 Å². The lowest BCUT2D eigenvalue weighted by Gasteiger charge is -2.37. The van der Waals surface area contributed by atoms with Crippen LogP contribution in [0.2, 0.25) is 0 Å². The minimum Gasteiger partial charge on any atom is -0.462 e. The molecule has 0 amide bonds. The zero-order chi connectivity index (χ0) is 17.6. The predicted molar refractivity (Wildman–Crippen MR) is 103 cm³/mol. The molecule has 0 spiro atoms. The van der Waals surface area contributed by atoms with Crippen molar-refractivity contribution in [3.8, 4) is 0 Å². The molecular weight excluding hydrogens is 308 g/mol. The Kier molecular flexibility index (Phi) is 7.25. The third-order valence-electron chi connectivity index (χ3n) is 7.61. The molecule has 0 aromatic rings. The van der Waals surface area contributed by atoms with Crippen molar-refractivity contribution < 1.29 is 9.53 Å². The summed E-state index contributed by atoms with van der Waals surface area (Å²) in [5, 5.41) is 0. The molecule has 25 heavy (non-hydrogen) atoms. The molecule has 2 aliphatic carbocycles. The van der Waals surface area contributed by atoms with E-state index in [1.54, 1.807) is 0 Å². The number of carbonyl (C=O) groups is 1. The van der Waals surface area contributed by atoms with Crippen LogP contribution in [0, 0.1) is 29.6 Å². The average Bonchev–Trinajstić information content (AvgIpc) is 2.63. The third kappa shape index (κ3) is 5.47. The fourth-order valence-electron chi connectivity index (χ4n) is 5.77. The van der Waals surface area contributed by atoms with Crippen molar-refractivity contribution in [1.82, 2.24) is 0 Å². The molecule has 0 aromatic heterocycles. The van der Waals surface area contributed by atoms with Gasteiger partial charge in [-0.3, -0.25) is 4.79 Å². The molecule has 2 nitrogen and oxygen atoms in total. The van der Waals surface area contributed by atoms with Gasteiger partial charge in [0, 0.05) is 0 Å². The molecule has 2 heteroatoms. The first kappa shape index (κ1) is 19.2. The lowest BCUT2D eigenvalue weighted by molar-refractivity contribution is -0.161. The van der Waals surface area contributed by atoms with Gasteiger partial charge in [-0.2, -0.15) is 0 Å². The van der Waals surface area contributed by atoms with Crippen LogP contribution in [0.1, 0.15) is 104 Å². The van der Waals surface area contributed by atoms with Crippen LogP contribution in [0.5, 0.6) is 0 Å². The van der Waals surface area contributed by atoms with Crippen LogP contribution in [0.15, 0.2) is 0 Å². The summed E-state index contributed by atoms with van der Waals surface area (Å²) in [6.07, 6.45) is 18.6. The van der Waals surface area contributed by atoms with E-state index in [1.165, 1.54) is 57.8 Å². The maximum atomic E-state index is 12.1. The maximum absolute atomic E-state index is 12.1. The molecule has 1 heterocycles. The standard InChI is InChI=1S/C23H40O2/c1-3-4-21-14-16-22(25-23(21)24)15-9-18-7-12-20(13-8-18)19-10-5-17(2)6-11-19/h17-22H,3-16H2,1-2H3. The summed E-state index contributed by atoms with van der Waals surface area (Å²) in [6.45, 7) is 4.58. The lowest BCUT2D eigenvalue weighted by atomic mass is 9.69. The second-order valence-corrected chi connectivity index (χ2v) is 9.50. The van der Waals surface area contributed by atoms with E-state index in [2.05, 4.69) is 13.8 Å². The quantitative estimate of drug-likeness (QED) is 0.511. The van der Waals surface area contributed by atoms with E-state index in [0.29, 0.717) is 0 Å². The highest BCUT2D eigenvalue weighted by molar-refractivity contribution is 5.73. The van der Waals surface area contributed by atoms with Crippen LogP contribution < -0.4 is 0 Å². The fourth-order valence-corrected chi connectivity index (χ4v) is 5.77. The first-order valence-corrected chi connectivity index (χ1v) is 11.4. The van der Waals surface area contributed by atoms with Crippen molar-refractivity contribution in [3.05, 3.63) is 0 Å². The fraction of sp³-hybridized carbons (Fsp3) is 0.957. The van der Waals surface area contributed by atoms with Gasteiger partial charge in [0.15, 0.2) is 0 Å². The maximum Gasteiger partial charge on any atom is 0.309 e. The van der Waals surface area contributed by atoms with E-state index in [-0.39, 0.29) is 18.0 Å². The molecule has 3 rings (SSSR count). The largest absolute Gasteiger partial charge is 0.462 e. The molecule has 0 aromatic carbocycles. The molecule has 2 saturated carbocycles. The Morgan fingerprint density at radius 1 is 0.800 bits per heavy atom. The van der Waals surface area contributed by atoms with E-state index in [4.69, 9.17) is 4.74 Å². The molecule has 3 fully saturated rings. The van der Waals surface area contributed by atoms with Gasteiger partial charge in [0.1, 0.15) is 6.10 Å². The molecule has 1 aliphatic heterocycles. The number of cyclic esters (lactones) is 1. The predicted octanol–water partition coefficient (Wildman–Crippen LogP) is 6.52. The molecule has 2 atom stereocenters. The summed E-state index contributed by atoms with van der Waals surface area (Å²) in [6, 6.07) is 0. The van der Waals surface area contributed by atoms with Crippen LogP contribution in [0.4, 0.5) is 0 Å². The molecular formula is C23H40O2. The van der Waals surface area contributed by atoms with Crippen molar-refractivity contribution in [1.29, 1.82) is 0 Å². The Labute approximate surface area is 155 Å². The summed E-state index contributed by atoms with van der Waals surface area (Å²) < 4.78 is 5.73. The number of hydrogen-bond donors (Lipinski definition) is 0. The summed E-state index contributed by atoms with van der Waals surface area (Å²) in [7, 11) is 0. The van der Waals surface area contributed by atoms with Crippen LogP contribution in [-0.4, -0.2) is 12.1 Å². The Morgan fingerprint density at radius 3 is 2.04 bits per heavy atom. The first-order chi connectivity index (χ1) is 12.2. The molecule has 3 aliphatic rings. The Bertz CT molecular complexity index is 402. The number of esters is 1. The van der Waals surface area contributed by atoms with Crippen LogP contribution in [0.3, 0.4) is 0 Å². The van der Waals surface area contributed by atoms with E-state index in [9.17, 15) is 4.79 Å². The minimum absolute atomic E-state index is 0.0911. The number of rotatable bonds is 6. The van der Waals surface area contributed by atoms with Crippen molar-refractivity contribution in [3.63, 3.8) is 0 Å². The molecule has 2 unspecified atom stereocenters. The smallest absolute Gasteiger partial charge is 0.309 e. The SMILES string of the molecule is CCCC1CCC(CCC2CCC(C3CCC(C)CC3)CC2)OC1=O. The normalized spacial score (nSPS) is 39.8. The zero-order valence-electron chi connectivity index (χ0n) is 16.7. The van der Waals surface area contributed by atoms with Crippen LogP contribution in [0.25, 0.3) is 0 Å². The summed E-state index contributed by atoms with van der Waals surface area (Å²) >= 11 is 0. The lowest BCUT2D eigenvalue weighted by Crippen LogP contribution is -2.31. The summed E-state index contributed by atoms with van der Waals surface area (Å²) in [4.78, 5) is 12.1. The monoisotopic (exact) mass is 348 g/mol. The molecule has 144 valence electrons. The Balaban J connectivity index is 1.32. The van der Waals surface area contributed by atoms with Gasteiger partial charge in [-0.1, -0.05) is 46.0 Å². The van der Waals surface area contributed by atoms with Crippen molar-refractivity contribution in [2.75, 3.05) is 0 Å². The summed E-state index contributed by atoms with van der Waals surface area (Å²) in [5.41, 5.74) is 0. The molecule has 1 saturated heterocycles. The van der Waals surface area contributed by atoms with E-state index >= 15 is 0 Å². The highest BCUT2D eigenvalue weighted by Gasteiger charge is 2.32. The third-order valence-corrected chi connectivity index (χ3v) is 7.61. The van der Waals surface area contributed by atoms with Crippen molar-refractivity contribution in [2.45, 2.75) is 110 Å². The Hall–Kier alpha value is -0.530. The zero-order valence-corrected chi connectivity index (χ0v) is 16.7. The average molecular weight is 349 g/mol. The first-order valence-electron chi connectivity index (χ1n) is 11.4. The minimum atomic E-state index is 0.0911. The van der Waals surface area contributed by atoms with Gasteiger partial charge in [-0.15, -0.1) is 0 Å². The topological polar surface area (TPSA) is 26.3 Å². The number of ether oxygens (including phenoxy) is 1. The van der Waals surface area contributed by atoms with Gasteiger partial charge >= 0.3 is 5.97 Å². The highest BCUT2D eigenvalue weighted by Crippen LogP contribution is 2.42.